The number of nitrogens with zero attached hydrogens (tertiary/aromatic N) is 2. The van der Waals surface area contributed by atoms with E-state index in [1.54, 1.807) is 0 Å². The summed E-state index contributed by atoms with van der Waals surface area (Å²) in [5.41, 5.74) is 0. The third-order valence-electron chi connectivity index (χ3n) is 7.02. The number of hydrogen-bond acceptors (Lipinski definition) is 3. The molecule has 2 aliphatic heterocycles. The fraction of sp³-hybridized carbons (Fsp3) is 0.905. The van der Waals surface area contributed by atoms with Gasteiger partial charge in [0.05, 0.1) is 0 Å². The first-order valence-electron chi connectivity index (χ1n) is 11.3. The van der Waals surface area contributed by atoms with E-state index in [1.165, 1.54) is 32.1 Å². The number of nitrogens with one attached hydrogen (secondary N) is 2. The highest BCUT2D eigenvalue weighted by Gasteiger charge is 2.33. The Labute approximate surface area is 163 Å². The molecule has 4 rings (SSSR count). The Morgan fingerprint density at radius 1 is 0.667 bits per heavy atom. The molecule has 3 amide bonds. The van der Waals surface area contributed by atoms with Gasteiger partial charge in [0.1, 0.15) is 0 Å². The molecule has 0 bridgehead atoms. The summed E-state index contributed by atoms with van der Waals surface area (Å²) in [7, 11) is 0. The second kappa shape index (κ2) is 8.80. The van der Waals surface area contributed by atoms with Gasteiger partial charge in [0.2, 0.25) is 5.91 Å². The zero-order valence-corrected chi connectivity index (χ0v) is 16.6. The summed E-state index contributed by atoms with van der Waals surface area (Å²) < 4.78 is 0. The van der Waals surface area contributed by atoms with E-state index in [0.29, 0.717) is 6.04 Å². The molecule has 2 saturated heterocycles. The minimum absolute atomic E-state index is 0.0944. The van der Waals surface area contributed by atoms with Gasteiger partial charge in [0.25, 0.3) is 0 Å². The molecule has 6 heteroatoms. The number of piperidine rings is 2. The molecule has 0 aromatic carbocycles. The number of carbonyl (C=O) groups is 2. The van der Waals surface area contributed by atoms with Crippen molar-refractivity contribution in [2.45, 2.75) is 88.8 Å². The summed E-state index contributed by atoms with van der Waals surface area (Å²) >= 11 is 0. The molecular weight excluding hydrogens is 340 g/mol. The second-order valence-corrected chi connectivity index (χ2v) is 9.10. The molecule has 0 aromatic rings. The maximum atomic E-state index is 12.6. The highest BCUT2D eigenvalue weighted by Crippen LogP contribution is 2.29. The van der Waals surface area contributed by atoms with Crippen LogP contribution in [0.4, 0.5) is 4.79 Å². The van der Waals surface area contributed by atoms with Crippen molar-refractivity contribution in [3.8, 4) is 0 Å². The van der Waals surface area contributed by atoms with Crippen LogP contribution in [-0.2, 0) is 4.79 Å². The normalized spacial score (nSPS) is 26.7. The maximum Gasteiger partial charge on any atom is 0.317 e. The van der Waals surface area contributed by atoms with Crippen LogP contribution < -0.4 is 10.6 Å². The van der Waals surface area contributed by atoms with Crippen molar-refractivity contribution in [3.63, 3.8) is 0 Å². The quantitative estimate of drug-likeness (QED) is 0.792. The van der Waals surface area contributed by atoms with Gasteiger partial charge in [0, 0.05) is 50.2 Å². The predicted molar refractivity (Wildman–Crippen MR) is 105 cm³/mol. The molecule has 2 N–H and O–H groups in total. The van der Waals surface area contributed by atoms with Gasteiger partial charge in [-0.1, -0.05) is 19.3 Å². The van der Waals surface area contributed by atoms with Crippen LogP contribution in [0, 0.1) is 5.92 Å². The summed E-state index contributed by atoms with van der Waals surface area (Å²) in [6.07, 6.45) is 12.4. The smallest absolute Gasteiger partial charge is 0.317 e. The molecule has 4 aliphatic rings. The first-order chi connectivity index (χ1) is 13.2. The number of carbonyl (C=O) groups excluding carboxylic acids is 2. The topological polar surface area (TPSA) is 64.7 Å². The van der Waals surface area contributed by atoms with Gasteiger partial charge in [-0.25, -0.2) is 4.79 Å². The van der Waals surface area contributed by atoms with E-state index in [9.17, 15) is 9.59 Å². The zero-order valence-electron chi connectivity index (χ0n) is 16.6. The largest absolute Gasteiger partial charge is 0.353 e. The van der Waals surface area contributed by atoms with Crippen molar-refractivity contribution in [1.82, 2.24) is 20.4 Å². The third-order valence-corrected chi connectivity index (χ3v) is 7.02. The van der Waals surface area contributed by atoms with Crippen LogP contribution in [0.5, 0.6) is 0 Å². The summed E-state index contributed by atoms with van der Waals surface area (Å²) in [5, 5.41) is 6.50. The van der Waals surface area contributed by atoms with Crippen LogP contribution in [0.1, 0.15) is 70.6 Å². The highest BCUT2D eigenvalue weighted by atomic mass is 16.2. The molecular formula is C21H36N4O2. The van der Waals surface area contributed by atoms with Crippen molar-refractivity contribution in [3.05, 3.63) is 0 Å². The average molecular weight is 377 g/mol. The minimum Gasteiger partial charge on any atom is -0.353 e. The Kier molecular flexibility index (Phi) is 6.21. The lowest BCUT2D eigenvalue weighted by Gasteiger charge is -2.36. The van der Waals surface area contributed by atoms with Crippen LogP contribution in [0.3, 0.4) is 0 Å². The van der Waals surface area contributed by atoms with Crippen LogP contribution in [0.2, 0.25) is 0 Å². The van der Waals surface area contributed by atoms with Crippen LogP contribution in [-0.4, -0.2) is 66.0 Å². The van der Waals surface area contributed by atoms with E-state index >= 15 is 0 Å². The Balaban J connectivity index is 1.14. The molecule has 6 nitrogen and oxygen atoms in total. The molecule has 2 heterocycles. The third kappa shape index (κ3) is 5.15. The molecule has 2 aliphatic carbocycles. The highest BCUT2D eigenvalue weighted by molar-refractivity contribution is 5.79. The summed E-state index contributed by atoms with van der Waals surface area (Å²) in [6.45, 7) is 3.76. The molecule has 0 aromatic heterocycles. The molecule has 4 fully saturated rings. The van der Waals surface area contributed by atoms with E-state index < -0.39 is 0 Å². The number of amides is 3. The first kappa shape index (κ1) is 19.0. The molecule has 0 spiro atoms. The number of likely N-dealkylation sites (tertiary alicyclic amines) is 2. The Morgan fingerprint density at radius 3 is 1.89 bits per heavy atom. The van der Waals surface area contributed by atoms with Gasteiger partial charge in [0.15, 0.2) is 0 Å². The number of rotatable bonds is 4. The SMILES string of the molecule is O=C(NC1CCN(C(=O)NC2CCN(C3CC3)CC2)CC1)C1CCCCC1. The van der Waals surface area contributed by atoms with Crippen molar-refractivity contribution in [1.29, 1.82) is 0 Å². The van der Waals surface area contributed by atoms with Crippen LogP contribution >= 0.6 is 0 Å². The summed E-state index contributed by atoms with van der Waals surface area (Å²) in [6, 6.07) is 1.50. The van der Waals surface area contributed by atoms with Crippen LogP contribution in [0.15, 0.2) is 0 Å². The number of urea groups is 1. The zero-order chi connectivity index (χ0) is 18.6. The van der Waals surface area contributed by atoms with Gasteiger partial charge in [-0.15, -0.1) is 0 Å². The summed E-state index contributed by atoms with van der Waals surface area (Å²) in [4.78, 5) is 29.5. The molecule has 0 radical (unpaired) electrons. The molecule has 0 unspecified atom stereocenters. The van der Waals surface area contributed by atoms with Gasteiger partial charge in [-0.05, 0) is 51.4 Å². The standard InChI is InChI=1S/C21H36N4O2/c26-20(16-4-2-1-3-5-16)22-17-10-14-25(15-11-17)21(27)23-18-8-12-24(13-9-18)19-6-7-19/h16-19H,1-15H2,(H,22,26)(H,23,27). The van der Waals surface area contributed by atoms with Gasteiger partial charge < -0.3 is 20.4 Å². The monoisotopic (exact) mass is 376 g/mol. The summed E-state index contributed by atoms with van der Waals surface area (Å²) in [5.74, 6) is 0.474. The van der Waals surface area contributed by atoms with E-state index in [-0.39, 0.29) is 23.9 Å². The van der Waals surface area contributed by atoms with E-state index in [1.807, 2.05) is 4.90 Å². The van der Waals surface area contributed by atoms with Crippen molar-refractivity contribution in [2.24, 2.45) is 5.92 Å². The minimum atomic E-state index is 0.0944. The molecule has 0 atom stereocenters. The van der Waals surface area contributed by atoms with E-state index in [4.69, 9.17) is 0 Å². The van der Waals surface area contributed by atoms with E-state index in [2.05, 4.69) is 15.5 Å². The Morgan fingerprint density at radius 2 is 1.26 bits per heavy atom. The van der Waals surface area contributed by atoms with Crippen LogP contribution in [0.25, 0.3) is 0 Å². The average Bonchev–Trinajstić information content (AvgIpc) is 3.55. The fourth-order valence-corrected chi connectivity index (χ4v) is 5.03. The molecule has 152 valence electrons. The fourth-order valence-electron chi connectivity index (χ4n) is 5.03. The lowest BCUT2D eigenvalue weighted by atomic mass is 9.88. The molecule has 27 heavy (non-hydrogen) atoms. The predicted octanol–water partition coefficient (Wildman–Crippen LogP) is 2.48. The van der Waals surface area contributed by atoms with Gasteiger partial charge in [-0.2, -0.15) is 0 Å². The lowest BCUT2D eigenvalue weighted by Crippen LogP contribution is -2.53. The molecule has 2 saturated carbocycles. The maximum absolute atomic E-state index is 12.6. The van der Waals surface area contributed by atoms with Crippen molar-refractivity contribution < 1.29 is 9.59 Å². The van der Waals surface area contributed by atoms with Crippen molar-refractivity contribution >= 4 is 11.9 Å². The Hall–Kier alpha value is -1.30. The van der Waals surface area contributed by atoms with Crippen molar-refractivity contribution in [2.75, 3.05) is 26.2 Å². The number of hydrogen-bond donors (Lipinski definition) is 2. The van der Waals surface area contributed by atoms with Gasteiger partial charge >= 0.3 is 6.03 Å². The lowest BCUT2D eigenvalue weighted by molar-refractivity contribution is -0.126. The van der Waals surface area contributed by atoms with E-state index in [0.717, 1.165) is 70.7 Å². The Bertz CT molecular complexity index is 514. The van der Waals surface area contributed by atoms with Gasteiger partial charge in [-0.3, -0.25) is 4.79 Å². The first-order valence-corrected chi connectivity index (χ1v) is 11.3. The second-order valence-electron chi connectivity index (χ2n) is 9.10.